The summed E-state index contributed by atoms with van der Waals surface area (Å²) in [6.45, 7) is 3.36. The van der Waals surface area contributed by atoms with Crippen LogP contribution in [-0.2, 0) is 11.3 Å². The predicted molar refractivity (Wildman–Crippen MR) is 88.8 cm³/mol. The number of ether oxygens (including phenoxy) is 1. The minimum absolute atomic E-state index is 0.00398. The Hall–Kier alpha value is -2.46. The lowest BCUT2D eigenvalue weighted by Gasteiger charge is -2.27. The largest absolute Gasteiger partial charge is 0.465 e. The number of hydrogen-bond donors (Lipinski definition) is 2. The molecule has 0 radical (unpaired) electrons. The first-order valence-electron chi connectivity index (χ1n) is 8.22. The number of rotatable bonds is 5. The molecule has 2 N–H and O–H groups in total. The molecule has 1 aromatic rings. The summed E-state index contributed by atoms with van der Waals surface area (Å²) in [6, 6.07) is 1.63. The van der Waals surface area contributed by atoms with Crippen LogP contribution in [0.15, 0.2) is 12.3 Å². The van der Waals surface area contributed by atoms with E-state index in [2.05, 4.69) is 10.3 Å². The zero-order valence-electron chi connectivity index (χ0n) is 13.8. The zero-order valence-corrected chi connectivity index (χ0v) is 13.8. The van der Waals surface area contributed by atoms with E-state index < -0.39 is 11.0 Å². The third-order valence-electron chi connectivity index (χ3n) is 4.52. The number of amides is 1. The summed E-state index contributed by atoms with van der Waals surface area (Å²) < 4.78 is 5.29. The average molecular weight is 351 g/mol. The lowest BCUT2D eigenvalue weighted by molar-refractivity contribution is -0.385. The Morgan fingerprint density at radius 1 is 1.44 bits per heavy atom. The number of hydrogen-bond acceptors (Lipinski definition) is 7. The van der Waals surface area contributed by atoms with E-state index in [-0.39, 0.29) is 11.7 Å². The molecule has 136 valence electrons. The van der Waals surface area contributed by atoms with Crippen LogP contribution in [0.5, 0.6) is 0 Å². The second-order valence-corrected chi connectivity index (χ2v) is 6.09. The van der Waals surface area contributed by atoms with Crippen LogP contribution in [0.4, 0.5) is 16.3 Å². The van der Waals surface area contributed by atoms with Gasteiger partial charge in [0.25, 0.3) is 0 Å². The number of carboxylic acid groups (broad SMARTS) is 1. The minimum Gasteiger partial charge on any atom is -0.465 e. The highest BCUT2D eigenvalue weighted by atomic mass is 16.6. The lowest BCUT2D eigenvalue weighted by atomic mass is 10.1. The Balaban J connectivity index is 1.72. The van der Waals surface area contributed by atoms with Crippen LogP contribution < -0.4 is 10.2 Å². The molecule has 2 aliphatic rings. The first kappa shape index (κ1) is 17.4. The van der Waals surface area contributed by atoms with Crippen molar-refractivity contribution in [3.8, 4) is 0 Å². The lowest BCUT2D eigenvalue weighted by Crippen LogP contribution is -2.37. The molecule has 3 rings (SSSR count). The number of carbonyl (C=O) groups is 1. The van der Waals surface area contributed by atoms with E-state index in [1.165, 1.54) is 4.90 Å². The number of morpholine rings is 1. The predicted octanol–water partition coefficient (Wildman–Crippen LogP) is 0.668. The third kappa shape index (κ3) is 3.97. The molecular weight excluding hydrogens is 330 g/mol. The van der Waals surface area contributed by atoms with E-state index >= 15 is 0 Å². The summed E-state index contributed by atoms with van der Waals surface area (Å²) in [5.41, 5.74) is 0.556. The second kappa shape index (κ2) is 7.62. The number of likely N-dealkylation sites (tertiary alicyclic amines) is 1. The molecule has 2 saturated heterocycles. The molecule has 1 aromatic heterocycles. The van der Waals surface area contributed by atoms with Gasteiger partial charge in [-0.3, -0.25) is 10.1 Å². The molecule has 0 bridgehead atoms. The number of pyridine rings is 1. The number of nitro groups is 1. The van der Waals surface area contributed by atoms with Crippen molar-refractivity contribution >= 4 is 17.6 Å². The highest BCUT2D eigenvalue weighted by Crippen LogP contribution is 2.30. The van der Waals surface area contributed by atoms with Crippen molar-refractivity contribution in [1.82, 2.24) is 15.2 Å². The van der Waals surface area contributed by atoms with Gasteiger partial charge in [0.2, 0.25) is 5.82 Å². The Morgan fingerprint density at radius 2 is 2.20 bits per heavy atom. The second-order valence-electron chi connectivity index (χ2n) is 6.09. The molecule has 10 nitrogen and oxygen atoms in total. The van der Waals surface area contributed by atoms with Gasteiger partial charge in [0.05, 0.1) is 18.1 Å². The van der Waals surface area contributed by atoms with Crippen molar-refractivity contribution in [2.45, 2.75) is 19.0 Å². The Bertz CT molecular complexity index is 649. The van der Waals surface area contributed by atoms with Gasteiger partial charge in [0.1, 0.15) is 0 Å². The van der Waals surface area contributed by atoms with E-state index in [1.807, 2.05) is 4.90 Å². The molecule has 10 heteroatoms. The van der Waals surface area contributed by atoms with Gasteiger partial charge in [-0.2, -0.15) is 0 Å². The highest BCUT2D eigenvalue weighted by Gasteiger charge is 2.29. The molecule has 0 spiro atoms. The molecule has 0 aromatic carbocycles. The van der Waals surface area contributed by atoms with Crippen molar-refractivity contribution < 1.29 is 19.6 Å². The van der Waals surface area contributed by atoms with Crippen LogP contribution in [0.25, 0.3) is 0 Å². The number of aromatic nitrogens is 1. The van der Waals surface area contributed by atoms with Crippen LogP contribution in [0.1, 0.15) is 12.0 Å². The van der Waals surface area contributed by atoms with Crippen molar-refractivity contribution in [2.24, 2.45) is 0 Å². The molecule has 0 saturated carbocycles. The highest BCUT2D eigenvalue weighted by molar-refractivity contribution is 5.65. The first-order valence-corrected chi connectivity index (χ1v) is 8.22. The van der Waals surface area contributed by atoms with E-state index in [9.17, 15) is 14.9 Å². The molecule has 0 unspecified atom stereocenters. The van der Waals surface area contributed by atoms with Crippen molar-refractivity contribution in [3.63, 3.8) is 0 Å². The maximum atomic E-state index is 11.6. The smallest absolute Gasteiger partial charge is 0.407 e. The van der Waals surface area contributed by atoms with Gasteiger partial charge in [-0.15, -0.1) is 0 Å². The fraction of sp³-hybridized carbons (Fsp3) is 0.600. The fourth-order valence-corrected chi connectivity index (χ4v) is 3.18. The van der Waals surface area contributed by atoms with E-state index in [0.29, 0.717) is 63.7 Å². The number of nitrogens with one attached hydrogen (secondary N) is 1. The maximum absolute atomic E-state index is 11.6. The van der Waals surface area contributed by atoms with Gasteiger partial charge in [-0.05, 0) is 12.5 Å². The standard InChI is InChI=1S/C15H21N5O5/c21-15(22)19-4-2-12(10-19)17-9-11-1-3-16-14(13(11)20(23)24)18-5-7-25-8-6-18/h1,3,12,17H,2,4-10H2,(H,21,22)/t12-/m1/s1. The topological polar surface area (TPSA) is 121 Å². The van der Waals surface area contributed by atoms with E-state index in [0.717, 1.165) is 0 Å². The molecule has 2 fully saturated rings. The molecule has 1 atom stereocenters. The van der Waals surface area contributed by atoms with Crippen molar-refractivity contribution in [2.75, 3.05) is 44.3 Å². The maximum Gasteiger partial charge on any atom is 0.407 e. The average Bonchev–Trinajstić information content (AvgIpc) is 3.09. The van der Waals surface area contributed by atoms with Gasteiger partial charge in [-0.1, -0.05) is 0 Å². The third-order valence-corrected chi connectivity index (χ3v) is 4.52. The van der Waals surface area contributed by atoms with Crippen LogP contribution in [0.3, 0.4) is 0 Å². The summed E-state index contributed by atoms with van der Waals surface area (Å²) in [7, 11) is 0. The molecule has 3 heterocycles. The van der Waals surface area contributed by atoms with E-state index in [1.54, 1.807) is 12.3 Å². The summed E-state index contributed by atoms with van der Waals surface area (Å²) in [5.74, 6) is 0.367. The van der Waals surface area contributed by atoms with Gasteiger partial charge < -0.3 is 25.0 Å². The van der Waals surface area contributed by atoms with Gasteiger partial charge in [0.15, 0.2) is 0 Å². The van der Waals surface area contributed by atoms with Crippen LogP contribution >= 0.6 is 0 Å². The fourth-order valence-electron chi connectivity index (χ4n) is 3.18. The molecule has 0 aliphatic carbocycles. The quantitative estimate of drug-likeness (QED) is 0.586. The minimum atomic E-state index is -0.936. The molecule has 25 heavy (non-hydrogen) atoms. The van der Waals surface area contributed by atoms with Gasteiger partial charge in [-0.25, -0.2) is 9.78 Å². The van der Waals surface area contributed by atoms with Crippen LogP contribution in [0, 0.1) is 10.1 Å². The SMILES string of the molecule is O=C(O)N1CC[C@@H](NCc2ccnc(N3CCOCC3)c2[N+](=O)[O-])C1. The summed E-state index contributed by atoms with van der Waals surface area (Å²) in [6.07, 6.45) is 1.34. The summed E-state index contributed by atoms with van der Waals surface area (Å²) >= 11 is 0. The number of anilines is 1. The number of nitrogens with zero attached hydrogens (tertiary/aromatic N) is 4. The van der Waals surface area contributed by atoms with Gasteiger partial charge >= 0.3 is 11.8 Å². The Kier molecular flexibility index (Phi) is 5.29. The monoisotopic (exact) mass is 351 g/mol. The zero-order chi connectivity index (χ0) is 17.8. The van der Waals surface area contributed by atoms with Crippen LogP contribution in [0.2, 0.25) is 0 Å². The van der Waals surface area contributed by atoms with E-state index in [4.69, 9.17) is 9.84 Å². The Labute approximate surface area is 144 Å². The van der Waals surface area contributed by atoms with Crippen molar-refractivity contribution in [1.29, 1.82) is 0 Å². The van der Waals surface area contributed by atoms with Gasteiger partial charge in [0, 0.05) is 50.5 Å². The first-order chi connectivity index (χ1) is 12.1. The summed E-state index contributed by atoms with van der Waals surface area (Å²) in [4.78, 5) is 29.6. The normalized spacial score (nSPS) is 20.7. The van der Waals surface area contributed by atoms with Crippen molar-refractivity contribution in [3.05, 3.63) is 27.9 Å². The summed E-state index contributed by atoms with van der Waals surface area (Å²) in [5, 5.41) is 23.8. The molecular formula is C15H21N5O5. The Morgan fingerprint density at radius 3 is 2.84 bits per heavy atom. The molecule has 2 aliphatic heterocycles. The molecule has 1 amide bonds. The van der Waals surface area contributed by atoms with Crippen LogP contribution in [-0.4, -0.2) is 71.4 Å².